The van der Waals surface area contributed by atoms with Gasteiger partial charge in [0.15, 0.2) is 0 Å². The van der Waals surface area contributed by atoms with Crippen molar-refractivity contribution in [3.63, 3.8) is 0 Å². The number of nitrogens with one attached hydrogen (secondary N) is 1. The highest BCUT2D eigenvalue weighted by molar-refractivity contribution is 6.07. The van der Waals surface area contributed by atoms with Crippen LogP contribution in [0.4, 0.5) is 0 Å². The minimum Gasteiger partial charge on any atom is -0.508 e. The summed E-state index contributed by atoms with van der Waals surface area (Å²) < 4.78 is 4.88. The van der Waals surface area contributed by atoms with Crippen molar-refractivity contribution >= 4 is 16.7 Å². The van der Waals surface area contributed by atoms with Crippen LogP contribution in [0.2, 0.25) is 0 Å². The number of rotatable bonds is 4. The molecular formula is C14H15NO3. The topological polar surface area (TPSA) is 58.6 Å². The van der Waals surface area contributed by atoms with Crippen LogP contribution in [0.1, 0.15) is 10.4 Å². The molecule has 2 rings (SSSR count). The molecule has 0 heterocycles. The fourth-order valence-electron chi connectivity index (χ4n) is 1.83. The normalized spacial score (nSPS) is 10.5. The van der Waals surface area contributed by atoms with E-state index in [1.165, 1.54) is 0 Å². The fourth-order valence-corrected chi connectivity index (χ4v) is 1.83. The highest BCUT2D eigenvalue weighted by atomic mass is 16.5. The van der Waals surface area contributed by atoms with Gasteiger partial charge in [0.25, 0.3) is 5.91 Å². The van der Waals surface area contributed by atoms with Crippen LogP contribution in [-0.2, 0) is 4.74 Å². The van der Waals surface area contributed by atoms with Crippen LogP contribution in [0, 0.1) is 0 Å². The summed E-state index contributed by atoms with van der Waals surface area (Å²) in [7, 11) is 1.59. The van der Waals surface area contributed by atoms with Crippen molar-refractivity contribution in [3.05, 3.63) is 42.0 Å². The number of methoxy groups -OCH3 is 1. The van der Waals surface area contributed by atoms with E-state index in [2.05, 4.69) is 5.32 Å². The summed E-state index contributed by atoms with van der Waals surface area (Å²) in [6.07, 6.45) is 0. The van der Waals surface area contributed by atoms with E-state index < -0.39 is 0 Å². The molecule has 94 valence electrons. The van der Waals surface area contributed by atoms with Gasteiger partial charge in [0.05, 0.1) is 6.61 Å². The first-order valence-electron chi connectivity index (χ1n) is 5.71. The lowest BCUT2D eigenvalue weighted by Crippen LogP contribution is -2.27. The summed E-state index contributed by atoms with van der Waals surface area (Å²) in [6.45, 7) is 0.959. The molecule has 0 saturated carbocycles. The highest BCUT2D eigenvalue weighted by Gasteiger charge is 2.09. The predicted molar refractivity (Wildman–Crippen MR) is 69.8 cm³/mol. The zero-order valence-corrected chi connectivity index (χ0v) is 10.1. The molecule has 0 aliphatic carbocycles. The molecule has 2 N–H and O–H groups in total. The maximum Gasteiger partial charge on any atom is 0.251 e. The monoisotopic (exact) mass is 245 g/mol. The maximum atomic E-state index is 12.0. The molecule has 2 aromatic carbocycles. The van der Waals surface area contributed by atoms with Gasteiger partial charge in [-0.1, -0.05) is 12.1 Å². The minimum absolute atomic E-state index is 0.136. The van der Waals surface area contributed by atoms with Gasteiger partial charge in [-0.05, 0) is 35.0 Å². The van der Waals surface area contributed by atoms with Gasteiger partial charge >= 0.3 is 0 Å². The number of benzene rings is 2. The molecule has 0 atom stereocenters. The third kappa shape index (κ3) is 2.60. The van der Waals surface area contributed by atoms with E-state index in [0.29, 0.717) is 18.7 Å². The molecule has 0 aromatic heterocycles. The third-order valence-electron chi connectivity index (χ3n) is 2.70. The average Bonchev–Trinajstić information content (AvgIpc) is 2.37. The number of hydrogen-bond acceptors (Lipinski definition) is 3. The van der Waals surface area contributed by atoms with Crippen LogP contribution in [0.5, 0.6) is 5.75 Å². The summed E-state index contributed by atoms with van der Waals surface area (Å²) in [5.74, 6) is 0.0581. The number of aromatic hydroxyl groups is 1. The molecular weight excluding hydrogens is 230 g/mol. The Bertz CT molecular complexity index is 566. The summed E-state index contributed by atoms with van der Waals surface area (Å²) >= 11 is 0. The average molecular weight is 245 g/mol. The number of amides is 1. The summed E-state index contributed by atoms with van der Waals surface area (Å²) in [4.78, 5) is 12.0. The SMILES string of the molecule is COCCNC(=O)c1cccc2cc(O)ccc12. The van der Waals surface area contributed by atoms with Gasteiger partial charge in [-0.3, -0.25) is 4.79 Å². The smallest absolute Gasteiger partial charge is 0.251 e. The van der Waals surface area contributed by atoms with Crippen LogP contribution < -0.4 is 5.32 Å². The Kier molecular flexibility index (Phi) is 3.79. The number of carbonyl (C=O) groups is 1. The standard InChI is InChI=1S/C14H15NO3/c1-18-8-7-15-14(17)13-4-2-3-10-9-11(16)5-6-12(10)13/h2-6,9,16H,7-8H2,1H3,(H,15,17). The Morgan fingerprint density at radius 3 is 2.94 bits per heavy atom. The van der Waals surface area contributed by atoms with Crippen molar-refractivity contribution in [3.8, 4) is 5.75 Å². The van der Waals surface area contributed by atoms with Gasteiger partial charge < -0.3 is 15.2 Å². The van der Waals surface area contributed by atoms with Crippen LogP contribution >= 0.6 is 0 Å². The molecule has 2 aromatic rings. The molecule has 0 radical (unpaired) electrons. The zero-order valence-electron chi connectivity index (χ0n) is 10.1. The predicted octanol–water partition coefficient (Wildman–Crippen LogP) is 1.92. The van der Waals surface area contributed by atoms with Gasteiger partial charge in [-0.2, -0.15) is 0 Å². The number of carbonyl (C=O) groups excluding carboxylic acids is 1. The van der Waals surface area contributed by atoms with Crippen LogP contribution in [0.15, 0.2) is 36.4 Å². The van der Waals surface area contributed by atoms with E-state index in [9.17, 15) is 9.90 Å². The van der Waals surface area contributed by atoms with Crippen molar-refractivity contribution < 1.29 is 14.6 Å². The zero-order chi connectivity index (χ0) is 13.0. The van der Waals surface area contributed by atoms with Gasteiger partial charge in [-0.15, -0.1) is 0 Å². The lowest BCUT2D eigenvalue weighted by Gasteiger charge is -2.08. The third-order valence-corrected chi connectivity index (χ3v) is 2.70. The molecule has 0 fully saturated rings. The largest absolute Gasteiger partial charge is 0.508 e. The Balaban J connectivity index is 2.30. The van der Waals surface area contributed by atoms with Crippen molar-refractivity contribution in [1.29, 1.82) is 0 Å². The van der Waals surface area contributed by atoms with E-state index in [1.807, 2.05) is 6.07 Å². The van der Waals surface area contributed by atoms with E-state index in [-0.39, 0.29) is 11.7 Å². The highest BCUT2D eigenvalue weighted by Crippen LogP contribution is 2.23. The molecule has 0 spiro atoms. The van der Waals surface area contributed by atoms with Gasteiger partial charge in [0, 0.05) is 19.2 Å². The molecule has 0 bridgehead atoms. The second-order valence-electron chi connectivity index (χ2n) is 3.96. The molecule has 4 heteroatoms. The van der Waals surface area contributed by atoms with Gasteiger partial charge in [0.2, 0.25) is 0 Å². The first-order chi connectivity index (χ1) is 8.72. The van der Waals surface area contributed by atoms with Crippen LogP contribution in [0.25, 0.3) is 10.8 Å². The first-order valence-corrected chi connectivity index (χ1v) is 5.71. The molecule has 0 aliphatic rings. The number of hydrogen-bond donors (Lipinski definition) is 2. The van der Waals surface area contributed by atoms with Crippen molar-refractivity contribution in [2.45, 2.75) is 0 Å². The number of phenolic OH excluding ortho intramolecular Hbond substituents is 1. The number of phenols is 1. The fraction of sp³-hybridized carbons (Fsp3) is 0.214. The Labute approximate surface area is 105 Å². The summed E-state index contributed by atoms with van der Waals surface area (Å²) in [6, 6.07) is 10.4. The molecule has 4 nitrogen and oxygen atoms in total. The lowest BCUT2D eigenvalue weighted by atomic mass is 10.0. The first kappa shape index (κ1) is 12.4. The molecule has 0 unspecified atom stereocenters. The number of fused-ring (bicyclic) bond motifs is 1. The van der Waals surface area contributed by atoms with E-state index >= 15 is 0 Å². The summed E-state index contributed by atoms with van der Waals surface area (Å²) in [5, 5.41) is 13.9. The lowest BCUT2D eigenvalue weighted by molar-refractivity contribution is 0.0938. The summed E-state index contributed by atoms with van der Waals surface area (Å²) in [5.41, 5.74) is 0.601. The second-order valence-corrected chi connectivity index (χ2v) is 3.96. The number of ether oxygens (including phenoxy) is 1. The second kappa shape index (κ2) is 5.51. The van der Waals surface area contributed by atoms with Crippen molar-refractivity contribution in [2.24, 2.45) is 0 Å². The van der Waals surface area contributed by atoms with E-state index in [0.717, 1.165) is 10.8 Å². The molecule has 0 aliphatic heterocycles. The van der Waals surface area contributed by atoms with Crippen molar-refractivity contribution in [2.75, 3.05) is 20.3 Å². The maximum absolute atomic E-state index is 12.0. The Hall–Kier alpha value is -2.07. The van der Waals surface area contributed by atoms with Crippen molar-refractivity contribution in [1.82, 2.24) is 5.32 Å². The minimum atomic E-state index is -0.136. The molecule has 0 saturated heterocycles. The Morgan fingerprint density at radius 2 is 2.17 bits per heavy atom. The quantitative estimate of drug-likeness (QED) is 0.809. The van der Waals surface area contributed by atoms with E-state index in [4.69, 9.17) is 4.74 Å². The van der Waals surface area contributed by atoms with Crippen LogP contribution in [0.3, 0.4) is 0 Å². The van der Waals surface area contributed by atoms with E-state index in [1.54, 1.807) is 37.4 Å². The Morgan fingerprint density at radius 1 is 1.33 bits per heavy atom. The van der Waals surface area contributed by atoms with Gasteiger partial charge in [0.1, 0.15) is 5.75 Å². The molecule has 1 amide bonds. The van der Waals surface area contributed by atoms with Crippen LogP contribution in [-0.4, -0.2) is 31.3 Å². The molecule has 18 heavy (non-hydrogen) atoms. The van der Waals surface area contributed by atoms with Gasteiger partial charge in [-0.25, -0.2) is 0 Å².